The van der Waals surface area contributed by atoms with Crippen LogP contribution in [0.4, 0.5) is 0 Å². The lowest BCUT2D eigenvalue weighted by molar-refractivity contribution is 0.260. The van der Waals surface area contributed by atoms with Crippen molar-refractivity contribution in [2.45, 2.75) is 77.3 Å². The SMILES string of the molecule is CC[C@@H]1C[C@H](CCC[C@@H]2C[C@@H](C)CCN2)CCN1. The molecule has 2 heterocycles. The minimum atomic E-state index is 0.802. The molecule has 2 saturated heterocycles. The van der Waals surface area contributed by atoms with Gasteiger partial charge in [0.05, 0.1) is 0 Å². The zero-order chi connectivity index (χ0) is 12.8. The second kappa shape index (κ2) is 7.49. The Morgan fingerprint density at radius 3 is 2.50 bits per heavy atom. The molecule has 0 aliphatic carbocycles. The van der Waals surface area contributed by atoms with Crippen molar-refractivity contribution < 1.29 is 0 Å². The van der Waals surface area contributed by atoms with Crippen LogP contribution in [0.3, 0.4) is 0 Å². The first-order chi connectivity index (χ1) is 8.78. The number of rotatable bonds is 5. The summed E-state index contributed by atoms with van der Waals surface area (Å²) in [5.41, 5.74) is 0. The minimum Gasteiger partial charge on any atom is -0.314 e. The molecule has 0 aromatic rings. The fourth-order valence-corrected chi connectivity index (χ4v) is 3.76. The van der Waals surface area contributed by atoms with Gasteiger partial charge in [-0.15, -0.1) is 0 Å². The van der Waals surface area contributed by atoms with Crippen LogP contribution in [0, 0.1) is 11.8 Å². The first-order valence-electron chi connectivity index (χ1n) is 8.24. The molecule has 18 heavy (non-hydrogen) atoms. The maximum Gasteiger partial charge on any atom is 0.00696 e. The van der Waals surface area contributed by atoms with Gasteiger partial charge in [-0.3, -0.25) is 0 Å². The summed E-state index contributed by atoms with van der Waals surface area (Å²) in [6, 6.07) is 1.62. The predicted molar refractivity (Wildman–Crippen MR) is 78.8 cm³/mol. The molecule has 0 aromatic heterocycles. The van der Waals surface area contributed by atoms with E-state index in [1.807, 2.05) is 0 Å². The Kier molecular flexibility index (Phi) is 5.97. The largest absolute Gasteiger partial charge is 0.314 e. The molecule has 0 aromatic carbocycles. The van der Waals surface area contributed by atoms with E-state index in [0.717, 1.165) is 23.9 Å². The van der Waals surface area contributed by atoms with Gasteiger partial charge in [0, 0.05) is 12.1 Å². The third-order valence-corrected chi connectivity index (χ3v) is 5.02. The minimum absolute atomic E-state index is 0.802. The molecule has 2 fully saturated rings. The zero-order valence-electron chi connectivity index (χ0n) is 12.4. The van der Waals surface area contributed by atoms with Crippen molar-refractivity contribution >= 4 is 0 Å². The summed E-state index contributed by atoms with van der Waals surface area (Å²) < 4.78 is 0. The second-order valence-corrected chi connectivity index (χ2v) is 6.66. The molecule has 0 bridgehead atoms. The highest BCUT2D eigenvalue weighted by Crippen LogP contribution is 2.25. The van der Waals surface area contributed by atoms with Crippen LogP contribution in [0.15, 0.2) is 0 Å². The maximum absolute atomic E-state index is 3.69. The number of hydrogen-bond acceptors (Lipinski definition) is 2. The van der Waals surface area contributed by atoms with Gasteiger partial charge in [-0.1, -0.05) is 26.7 Å². The molecule has 2 rings (SSSR count). The Balaban J connectivity index is 1.59. The van der Waals surface area contributed by atoms with Crippen molar-refractivity contribution in [3.63, 3.8) is 0 Å². The van der Waals surface area contributed by atoms with E-state index in [1.54, 1.807) is 0 Å². The lowest BCUT2D eigenvalue weighted by Crippen LogP contribution is -2.38. The third kappa shape index (κ3) is 4.55. The predicted octanol–water partition coefficient (Wildman–Crippen LogP) is 3.32. The molecule has 0 amide bonds. The van der Waals surface area contributed by atoms with Gasteiger partial charge in [0.2, 0.25) is 0 Å². The fourth-order valence-electron chi connectivity index (χ4n) is 3.76. The molecule has 2 aliphatic rings. The zero-order valence-corrected chi connectivity index (χ0v) is 12.4. The van der Waals surface area contributed by atoms with Gasteiger partial charge in [0.25, 0.3) is 0 Å². The Morgan fingerprint density at radius 2 is 1.72 bits per heavy atom. The summed E-state index contributed by atoms with van der Waals surface area (Å²) in [5.74, 6) is 1.94. The first-order valence-corrected chi connectivity index (χ1v) is 8.24. The van der Waals surface area contributed by atoms with Crippen LogP contribution in [0.2, 0.25) is 0 Å². The monoisotopic (exact) mass is 252 g/mol. The Labute approximate surface area is 113 Å². The summed E-state index contributed by atoms with van der Waals surface area (Å²) >= 11 is 0. The van der Waals surface area contributed by atoms with E-state index < -0.39 is 0 Å². The molecule has 0 spiro atoms. The molecule has 0 saturated carbocycles. The number of hydrogen-bond donors (Lipinski definition) is 2. The number of nitrogens with one attached hydrogen (secondary N) is 2. The Morgan fingerprint density at radius 1 is 0.944 bits per heavy atom. The molecule has 0 radical (unpaired) electrons. The average Bonchev–Trinajstić information content (AvgIpc) is 2.39. The lowest BCUT2D eigenvalue weighted by atomic mass is 9.85. The highest BCUT2D eigenvalue weighted by atomic mass is 14.9. The lowest BCUT2D eigenvalue weighted by Gasteiger charge is -2.31. The fraction of sp³-hybridized carbons (Fsp3) is 1.00. The van der Waals surface area contributed by atoms with Gasteiger partial charge in [0.15, 0.2) is 0 Å². The van der Waals surface area contributed by atoms with Gasteiger partial charge in [0.1, 0.15) is 0 Å². The van der Waals surface area contributed by atoms with Crippen LogP contribution in [-0.2, 0) is 0 Å². The normalized spacial score (nSPS) is 37.7. The molecule has 2 nitrogen and oxygen atoms in total. The quantitative estimate of drug-likeness (QED) is 0.784. The van der Waals surface area contributed by atoms with E-state index in [1.165, 1.54) is 64.5 Å². The van der Waals surface area contributed by atoms with Gasteiger partial charge in [-0.2, -0.15) is 0 Å². The van der Waals surface area contributed by atoms with Gasteiger partial charge >= 0.3 is 0 Å². The van der Waals surface area contributed by atoms with E-state index in [0.29, 0.717) is 0 Å². The topological polar surface area (TPSA) is 24.1 Å². The first kappa shape index (κ1) is 14.3. The third-order valence-electron chi connectivity index (χ3n) is 5.02. The van der Waals surface area contributed by atoms with Crippen LogP contribution in [0.5, 0.6) is 0 Å². The molecule has 0 unspecified atom stereocenters. The van der Waals surface area contributed by atoms with E-state index >= 15 is 0 Å². The molecular weight excluding hydrogens is 220 g/mol. The molecule has 2 N–H and O–H groups in total. The van der Waals surface area contributed by atoms with Crippen LogP contribution >= 0.6 is 0 Å². The van der Waals surface area contributed by atoms with Crippen molar-refractivity contribution in [2.24, 2.45) is 11.8 Å². The molecular formula is C16H32N2. The van der Waals surface area contributed by atoms with Crippen molar-refractivity contribution in [3.8, 4) is 0 Å². The summed E-state index contributed by atoms with van der Waals surface area (Å²) in [6.45, 7) is 7.22. The molecule has 106 valence electrons. The maximum atomic E-state index is 3.69. The van der Waals surface area contributed by atoms with Crippen molar-refractivity contribution in [3.05, 3.63) is 0 Å². The molecule has 4 atom stereocenters. The number of piperidine rings is 2. The Hall–Kier alpha value is -0.0800. The van der Waals surface area contributed by atoms with E-state index in [-0.39, 0.29) is 0 Å². The van der Waals surface area contributed by atoms with Crippen LogP contribution < -0.4 is 10.6 Å². The van der Waals surface area contributed by atoms with E-state index in [4.69, 9.17) is 0 Å². The van der Waals surface area contributed by atoms with Crippen molar-refractivity contribution in [2.75, 3.05) is 13.1 Å². The smallest absolute Gasteiger partial charge is 0.00696 e. The van der Waals surface area contributed by atoms with Crippen LogP contribution in [0.25, 0.3) is 0 Å². The van der Waals surface area contributed by atoms with E-state index in [9.17, 15) is 0 Å². The van der Waals surface area contributed by atoms with Crippen molar-refractivity contribution in [1.82, 2.24) is 10.6 Å². The van der Waals surface area contributed by atoms with E-state index in [2.05, 4.69) is 24.5 Å². The second-order valence-electron chi connectivity index (χ2n) is 6.66. The van der Waals surface area contributed by atoms with Gasteiger partial charge in [-0.25, -0.2) is 0 Å². The summed E-state index contributed by atoms with van der Waals surface area (Å²) in [5, 5.41) is 7.33. The average molecular weight is 252 g/mol. The van der Waals surface area contributed by atoms with Crippen LogP contribution in [0.1, 0.15) is 65.2 Å². The Bertz CT molecular complexity index is 229. The highest BCUT2D eigenvalue weighted by Gasteiger charge is 2.21. The van der Waals surface area contributed by atoms with Crippen molar-refractivity contribution in [1.29, 1.82) is 0 Å². The van der Waals surface area contributed by atoms with Gasteiger partial charge < -0.3 is 10.6 Å². The molecule has 2 heteroatoms. The van der Waals surface area contributed by atoms with Gasteiger partial charge in [-0.05, 0) is 63.5 Å². The standard InChI is InChI=1S/C16H32N2/c1-3-15-12-14(8-10-17-15)5-4-6-16-11-13(2)7-9-18-16/h13-18H,3-12H2,1-2H3/t13-,14+,15+,16+/m0/s1. The summed E-state index contributed by atoms with van der Waals surface area (Å²) in [6.07, 6.45) is 11.2. The van der Waals surface area contributed by atoms with Crippen LogP contribution in [-0.4, -0.2) is 25.2 Å². The summed E-state index contributed by atoms with van der Waals surface area (Å²) in [4.78, 5) is 0. The highest BCUT2D eigenvalue weighted by molar-refractivity contribution is 4.79. The summed E-state index contributed by atoms with van der Waals surface area (Å²) in [7, 11) is 0. The molecule has 2 aliphatic heterocycles.